The summed E-state index contributed by atoms with van der Waals surface area (Å²) in [6, 6.07) is 3.67. The first-order chi connectivity index (χ1) is 10.2. The minimum atomic E-state index is 0.0193. The zero-order chi connectivity index (χ0) is 14.8. The highest BCUT2D eigenvalue weighted by atomic mass is 16.5. The monoisotopic (exact) mass is 286 g/mol. The Labute approximate surface area is 123 Å². The van der Waals surface area contributed by atoms with Crippen molar-refractivity contribution in [2.75, 3.05) is 13.7 Å². The van der Waals surface area contributed by atoms with Crippen molar-refractivity contribution in [3.8, 4) is 5.88 Å². The molecule has 0 fully saturated rings. The molecule has 110 valence electrons. The molecule has 2 aromatic rings. The van der Waals surface area contributed by atoms with Crippen LogP contribution in [-0.2, 0) is 26.6 Å². The third-order valence-electron chi connectivity index (χ3n) is 3.81. The van der Waals surface area contributed by atoms with Crippen LogP contribution in [0.1, 0.15) is 16.8 Å². The zero-order valence-corrected chi connectivity index (χ0v) is 12.2. The molecule has 21 heavy (non-hydrogen) atoms. The standard InChI is InChI=1S/C15H18N4O2/c1-18-5-3-11(7-14(18)20)8-19-6-4-13-12(9-19)15(21-2)17-10-16-13/h3,5,7,10H,4,6,8-9H2,1-2H3. The number of aryl methyl sites for hydroxylation is 1. The van der Waals surface area contributed by atoms with Crippen molar-refractivity contribution in [1.82, 2.24) is 19.4 Å². The summed E-state index contributed by atoms with van der Waals surface area (Å²) in [5, 5.41) is 0. The average Bonchev–Trinajstić information content (AvgIpc) is 2.50. The van der Waals surface area contributed by atoms with Crippen molar-refractivity contribution in [3.05, 3.63) is 51.8 Å². The minimum Gasteiger partial charge on any atom is -0.481 e. The van der Waals surface area contributed by atoms with Crippen LogP contribution in [0.15, 0.2) is 29.5 Å². The highest BCUT2D eigenvalue weighted by Crippen LogP contribution is 2.24. The number of hydrogen-bond donors (Lipinski definition) is 0. The Morgan fingerprint density at radius 3 is 3.00 bits per heavy atom. The number of rotatable bonds is 3. The summed E-state index contributed by atoms with van der Waals surface area (Å²) in [4.78, 5) is 22.5. The third-order valence-corrected chi connectivity index (χ3v) is 3.81. The van der Waals surface area contributed by atoms with E-state index in [0.29, 0.717) is 5.88 Å². The zero-order valence-electron chi connectivity index (χ0n) is 12.2. The number of nitrogens with zero attached hydrogens (tertiary/aromatic N) is 4. The van der Waals surface area contributed by atoms with E-state index in [1.165, 1.54) is 0 Å². The number of fused-ring (bicyclic) bond motifs is 1. The molecule has 1 aliphatic rings. The van der Waals surface area contributed by atoms with Crippen molar-refractivity contribution in [1.29, 1.82) is 0 Å². The molecule has 0 amide bonds. The second kappa shape index (κ2) is 5.65. The van der Waals surface area contributed by atoms with Gasteiger partial charge in [-0.25, -0.2) is 9.97 Å². The van der Waals surface area contributed by atoms with Crippen LogP contribution in [0, 0.1) is 0 Å². The molecule has 3 rings (SSSR count). The highest BCUT2D eigenvalue weighted by molar-refractivity contribution is 5.31. The van der Waals surface area contributed by atoms with Crippen molar-refractivity contribution in [3.63, 3.8) is 0 Å². The van der Waals surface area contributed by atoms with Gasteiger partial charge < -0.3 is 9.30 Å². The van der Waals surface area contributed by atoms with Crippen molar-refractivity contribution >= 4 is 0 Å². The maximum absolute atomic E-state index is 11.7. The second-order valence-electron chi connectivity index (χ2n) is 5.25. The molecule has 0 saturated carbocycles. The van der Waals surface area contributed by atoms with Crippen LogP contribution in [0.3, 0.4) is 0 Å². The quantitative estimate of drug-likeness (QED) is 0.833. The van der Waals surface area contributed by atoms with E-state index < -0.39 is 0 Å². The fourth-order valence-electron chi connectivity index (χ4n) is 2.63. The summed E-state index contributed by atoms with van der Waals surface area (Å²) < 4.78 is 6.89. The number of pyridine rings is 1. The molecule has 0 atom stereocenters. The van der Waals surface area contributed by atoms with Crippen LogP contribution in [0.4, 0.5) is 0 Å². The summed E-state index contributed by atoms with van der Waals surface area (Å²) in [6.07, 6.45) is 4.23. The Hall–Kier alpha value is -2.21. The topological polar surface area (TPSA) is 60.3 Å². The number of ether oxygens (including phenoxy) is 1. The molecule has 6 nitrogen and oxygen atoms in total. The Bertz CT molecular complexity index is 697. The van der Waals surface area contributed by atoms with E-state index >= 15 is 0 Å². The van der Waals surface area contributed by atoms with Gasteiger partial charge in [0.2, 0.25) is 5.88 Å². The van der Waals surface area contributed by atoms with Crippen LogP contribution in [0.5, 0.6) is 5.88 Å². The summed E-state index contributed by atoms with van der Waals surface area (Å²) in [6.45, 7) is 2.41. The summed E-state index contributed by atoms with van der Waals surface area (Å²) in [7, 11) is 3.38. The molecule has 6 heteroatoms. The summed E-state index contributed by atoms with van der Waals surface area (Å²) >= 11 is 0. The number of hydrogen-bond acceptors (Lipinski definition) is 5. The predicted molar refractivity (Wildman–Crippen MR) is 78.1 cm³/mol. The fraction of sp³-hybridized carbons (Fsp3) is 0.400. The van der Waals surface area contributed by atoms with Crippen LogP contribution in [0.25, 0.3) is 0 Å². The largest absolute Gasteiger partial charge is 0.481 e. The number of methoxy groups -OCH3 is 1. The van der Waals surface area contributed by atoms with E-state index in [1.54, 1.807) is 37.3 Å². The molecule has 0 aromatic carbocycles. The first-order valence-electron chi connectivity index (χ1n) is 6.92. The van der Waals surface area contributed by atoms with Gasteiger partial charge in [0.1, 0.15) is 6.33 Å². The van der Waals surface area contributed by atoms with E-state index in [0.717, 1.165) is 42.9 Å². The van der Waals surface area contributed by atoms with Gasteiger partial charge >= 0.3 is 0 Å². The smallest absolute Gasteiger partial charge is 0.250 e. The van der Waals surface area contributed by atoms with Crippen LogP contribution in [0.2, 0.25) is 0 Å². The number of aromatic nitrogens is 3. The van der Waals surface area contributed by atoms with Crippen molar-refractivity contribution in [2.24, 2.45) is 7.05 Å². The van der Waals surface area contributed by atoms with Gasteiger partial charge in [0.15, 0.2) is 0 Å². The molecular weight excluding hydrogens is 268 g/mol. The molecule has 0 bridgehead atoms. The van der Waals surface area contributed by atoms with Gasteiger partial charge in [0.25, 0.3) is 5.56 Å². The molecule has 3 heterocycles. The van der Waals surface area contributed by atoms with Gasteiger partial charge in [0.05, 0.1) is 12.8 Å². The van der Waals surface area contributed by atoms with Gasteiger partial charge in [-0.2, -0.15) is 0 Å². The lowest BCUT2D eigenvalue weighted by Crippen LogP contribution is -2.31. The normalized spacial score (nSPS) is 14.8. The van der Waals surface area contributed by atoms with E-state index in [2.05, 4.69) is 14.9 Å². The first kappa shape index (κ1) is 13.8. The SMILES string of the molecule is COc1ncnc2c1CN(Cc1ccn(C)c(=O)c1)CC2. The Morgan fingerprint density at radius 1 is 1.38 bits per heavy atom. The summed E-state index contributed by atoms with van der Waals surface area (Å²) in [5.74, 6) is 0.647. The van der Waals surface area contributed by atoms with Crippen molar-refractivity contribution in [2.45, 2.75) is 19.5 Å². The Kier molecular flexibility index (Phi) is 3.70. The van der Waals surface area contributed by atoms with E-state index in [1.807, 2.05) is 6.07 Å². The lowest BCUT2D eigenvalue weighted by molar-refractivity contribution is 0.236. The maximum Gasteiger partial charge on any atom is 0.250 e. The molecule has 2 aromatic heterocycles. The van der Waals surface area contributed by atoms with E-state index in [4.69, 9.17) is 4.74 Å². The first-order valence-corrected chi connectivity index (χ1v) is 6.92. The molecule has 1 aliphatic heterocycles. The average molecular weight is 286 g/mol. The maximum atomic E-state index is 11.7. The van der Waals surface area contributed by atoms with Crippen molar-refractivity contribution < 1.29 is 4.74 Å². The fourth-order valence-corrected chi connectivity index (χ4v) is 2.63. The Balaban J connectivity index is 1.79. The van der Waals surface area contributed by atoms with Crippen LogP contribution >= 0.6 is 0 Å². The van der Waals surface area contributed by atoms with Gasteiger partial charge in [-0.15, -0.1) is 0 Å². The molecule has 0 spiro atoms. The molecule has 0 unspecified atom stereocenters. The Morgan fingerprint density at radius 2 is 2.24 bits per heavy atom. The van der Waals surface area contributed by atoms with Gasteiger partial charge in [-0.05, 0) is 11.6 Å². The molecule has 0 aliphatic carbocycles. The van der Waals surface area contributed by atoms with Gasteiger partial charge in [0, 0.05) is 50.9 Å². The predicted octanol–water partition coefficient (Wildman–Crippen LogP) is 0.742. The molecular formula is C15H18N4O2. The molecule has 0 radical (unpaired) electrons. The van der Waals surface area contributed by atoms with E-state index in [-0.39, 0.29) is 5.56 Å². The summed E-state index contributed by atoms with van der Waals surface area (Å²) in [5.41, 5.74) is 3.15. The molecule has 0 N–H and O–H groups in total. The van der Waals surface area contributed by atoms with Crippen LogP contribution in [-0.4, -0.2) is 33.1 Å². The highest BCUT2D eigenvalue weighted by Gasteiger charge is 2.21. The van der Waals surface area contributed by atoms with Crippen LogP contribution < -0.4 is 10.3 Å². The second-order valence-corrected chi connectivity index (χ2v) is 5.25. The van der Waals surface area contributed by atoms with E-state index in [9.17, 15) is 4.79 Å². The minimum absolute atomic E-state index is 0.0193. The van der Waals surface area contributed by atoms with Gasteiger partial charge in [-0.1, -0.05) is 0 Å². The molecule has 0 saturated heterocycles. The lowest BCUT2D eigenvalue weighted by Gasteiger charge is -2.28. The third kappa shape index (κ3) is 2.80. The lowest BCUT2D eigenvalue weighted by atomic mass is 10.1. The van der Waals surface area contributed by atoms with Gasteiger partial charge in [-0.3, -0.25) is 9.69 Å².